The summed E-state index contributed by atoms with van der Waals surface area (Å²) in [4.78, 5) is 0. The van der Waals surface area contributed by atoms with Gasteiger partial charge in [0.2, 0.25) is 0 Å². The molecule has 1 aliphatic heterocycles. The summed E-state index contributed by atoms with van der Waals surface area (Å²) in [6, 6.07) is 0. The van der Waals surface area contributed by atoms with Crippen LogP contribution in [0, 0.1) is 0 Å². The first kappa shape index (κ1) is 9.33. The molecule has 0 bridgehead atoms. The lowest BCUT2D eigenvalue weighted by Gasteiger charge is -2.08. The summed E-state index contributed by atoms with van der Waals surface area (Å²) in [7, 11) is 0. The number of thioether (sulfide) groups is 1. The average Bonchev–Trinajstić information content (AvgIpc) is 2.50. The second-order valence-corrected chi connectivity index (χ2v) is 4.29. The Morgan fingerprint density at radius 1 is 1.55 bits per heavy atom. The van der Waals surface area contributed by atoms with Crippen molar-refractivity contribution in [1.82, 2.24) is 5.32 Å². The van der Waals surface area contributed by atoms with E-state index in [1.807, 2.05) is 11.8 Å². The van der Waals surface area contributed by atoms with E-state index in [2.05, 4.69) is 5.32 Å². The molecule has 1 saturated heterocycles. The van der Waals surface area contributed by atoms with Gasteiger partial charge in [-0.05, 0) is 31.6 Å². The normalized spacial score (nSPS) is 24.3. The van der Waals surface area contributed by atoms with Crippen molar-refractivity contribution >= 4 is 11.8 Å². The van der Waals surface area contributed by atoms with Gasteiger partial charge in [-0.2, -0.15) is 11.8 Å². The van der Waals surface area contributed by atoms with Crippen LogP contribution >= 0.6 is 11.8 Å². The highest BCUT2D eigenvalue weighted by Gasteiger charge is 2.13. The average molecular weight is 177 g/mol. The van der Waals surface area contributed by atoms with Gasteiger partial charge in [0.1, 0.15) is 0 Å². The maximum Gasteiger partial charge on any atom is 0.0906 e. The van der Waals surface area contributed by atoms with Crippen LogP contribution in [0.1, 0.15) is 19.3 Å². The van der Waals surface area contributed by atoms with Crippen molar-refractivity contribution in [2.45, 2.75) is 24.5 Å². The van der Waals surface area contributed by atoms with Crippen molar-refractivity contribution < 1.29 is 4.39 Å². The molecule has 3 heteroatoms. The number of halogens is 1. The highest BCUT2D eigenvalue weighted by atomic mass is 32.2. The fraction of sp³-hybridized carbons (Fsp3) is 1.00. The molecule has 1 rings (SSSR count). The van der Waals surface area contributed by atoms with Gasteiger partial charge in [0.15, 0.2) is 0 Å². The van der Waals surface area contributed by atoms with E-state index in [9.17, 15) is 4.39 Å². The summed E-state index contributed by atoms with van der Waals surface area (Å²) in [5.41, 5.74) is 0. The predicted octanol–water partition coefficient (Wildman–Crippen LogP) is 1.83. The third kappa shape index (κ3) is 3.97. The zero-order valence-corrected chi connectivity index (χ0v) is 7.63. The van der Waals surface area contributed by atoms with Gasteiger partial charge in [0.05, 0.1) is 6.67 Å². The Hall–Kier alpha value is 0.240. The molecule has 1 atom stereocenters. The molecule has 11 heavy (non-hydrogen) atoms. The summed E-state index contributed by atoms with van der Waals surface area (Å²) in [5.74, 6) is 1.31. The van der Waals surface area contributed by atoms with Crippen LogP contribution < -0.4 is 5.32 Å². The van der Waals surface area contributed by atoms with Crippen LogP contribution in [0.25, 0.3) is 0 Å². The minimum absolute atomic E-state index is 0.190. The van der Waals surface area contributed by atoms with Crippen LogP contribution in [-0.4, -0.2) is 30.8 Å². The second-order valence-electron chi connectivity index (χ2n) is 2.88. The van der Waals surface area contributed by atoms with Crippen molar-refractivity contribution in [3.8, 4) is 0 Å². The van der Waals surface area contributed by atoms with Crippen molar-refractivity contribution in [2.24, 2.45) is 0 Å². The molecule has 0 saturated carbocycles. The zero-order valence-electron chi connectivity index (χ0n) is 6.81. The van der Waals surface area contributed by atoms with Crippen molar-refractivity contribution in [3.63, 3.8) is 0 Å². The predicted molar refractivity (Wildman–Crippen MR) is 48.9 cm³/mol. The molecule has 1 aliphatic rings. The minimum atomic E-state index is -0.190. The highest BCUT2D eigenvalue weighted by molar-refractivity contribution is 8.00. The molecule has 1 N–H and O–H groups in total. The smallest absolute Gasteiger partial charge is 0.0906 e. The minimum Gasteiger partial charge on any atom is -0.316 e. The van der Waals surface area contributed by atoms with E-state index in [1.54, 1.807) is 0 Å². The lowest BCUT2D eigenvalue weighted by atomic mass is 10.2. The van der Waals surface area contributed by atoms with Crippen LogP contribution in [0.15, 0.2) is 0 Å². The highest BCUT2D eigenvalue weighted by Crippen LogP contribution is 2.24. The molecule has 0 radical (unpaired) electrons. The molecule has 1 unspecified atom stereocenters. The van der Waals surface area contributed by atoms with E-state index >= 15 is 0 Å². The largest absolute Gasteiger partial charge is 0.316 e. The first-order valence-corrected chi connectivity index (χ1v) is 5.36. The number of alkyl halides is 1. The Balaban J connectivity index is 1.86. The Morgan fingerprint density at radius 3 is 3.09 bits per heavy atom. The Kier molecular flexibility index (Phi) is 4.95. The maximum absolute atomic E-state index is 11.6. The molecule has 0 amide bonds. The first-order chi connectivity index (χ1) is 5.43. The molecule has 1 nitrogen and oxygen atoms in total. The Labute approximate surface area is 72.1 Å². The molecular weight excluding hydrogens is 161 g/mol. The van der Waals surface area contributed by atoms with Crippen molar-refractivity contribution in [2.75, 3.05) is 25.5 Å². The van der Waals surface area contributed by atoms with Gasteiger partial charge < -0.3 is 5.32 Å². The SMILES string of the molecule is FCCCNCC1CCCS1. The summed E-state index contributed by atoms with van der Waals surface area (Å²) in [6.45, 7) is 1.73. The molecular formula is C8H16FNS. The van der Waals surface area contributed by atoms with E-state index in [0.29, 0.717) is 6.42 Å². The van der Waals surface area contributed by atoms with Gasteiger partial charge in [-0.1, -0.05) is 0 Å². The van der Waals surface area contributed by atoms with E-state index in [4.69, 9.17) is 0 Å². The summed E-state index contributed by atoms with van der Waals surface area (Å²) in [6.07, 6.45) is 3.37. The van der Waals surface area contributed by atoms with E-state index in [0.717, 1.165) is 18.3 Å². The molecule has 0 aromatic heterocycles. The van der Waals surface area contributed by atoms with Crippen LogP contribution in [0.5, 0.6) is 0 Å². The van der Waals surface area contributed by atoms with Gasteiger partial charge in [-0.3, -0.25) is 4.39 Å². The van der Waals surface area contributed by atoms with Gasteiger partial charge in [-0.25, -0.2) is 0 Å². The molecule has 1 heterocycles. The molecule has 0 spiro atoms. The van der Waals surface area contributed by atoms with Crippen molar-refractivity contribution in [3.05, 3.63) is 0 Å². The quantitative estimate of drug-likeness (QED) is 0.643. The second kappa shape index (κ2) is 5.84. The summed E-state index contributed by atoms with van der Waals surface area (Å²) >= 11 is 2.04. The third-order valence-corrected chi connectivity index (χ3v) is 3.28. The molecule has 1 fully saturated rings. The lowest BCUT2D eigenvalue weighted by Crippen LogP contribution is -2.24. The summed E-state index contributed by atoms with van der Waals surface area (Å²) < 4.78 is 11.6. The van der Waals surface area contributed by atoms with Crippen LogP contribution in [0.3, 0.4) is 0 Å². The Bertz CT molecular complexity index is 94.1. The van der Waals surface area contributed by atoms with Crippen LogP contribution in [0.4, 0.5) is 4.39 Å². The van der Waals surface area contributed by atoms with Gasteiger partial charge in [0.25, 0.3) is 0 Å². The van der Waals surface area contributed by atoms with Gasteiger partial charge in [0, 0.05) is 11.8 Å². The fourth-order valence-corrected chi connectivity index (χ4v) is 2.50. The number of hydrogen-bond acceptors (Lipinski definition) is 2. The molecule has 66 valence electrons. The summed E-state index contributed by atoms with van der Waals surface area (Å²) in [5, 5.41) is 4.07. The van der Waals surface area contributed by atoms with Gasteiger partial charge >= 0.3 is 0 Å². The maximum atomic E-state index is 11.6. The van der Waals surface area contributed by atoms with Crippen molar-refractivity contribution in [1.29, 1.82) is 0 Å². The molecule has 0 aliphatic carbocycles. The Morgan fingerprint density at radius 2 is 2.45 bits per heavy atom. The fourth-order valence-electron chi connectivity index (χ4n) is 1.26. The van der Waals surface area contributed by atoms with E-state index in [-0.39, 0.29) is 6.67 Å². The lowest BCUT2D eigenvalue weighted by molar-refractivity contribution is 0.459. The standard InChI is InChI=1S/C8H16FNS/c9-4-2-5-10-7-8-3-1-6-11-8/h8,10H,1-7H2. The number of rotatable bonds is 5. The van der Waals surface area contributed by atoms with Crippen LogP contribution in [0.2, 0.25) is 0 Å². The molecule has 0 aromatic carbocycles. The van der Waals surface area contributed by atoms with Gasteiger partial charge in [-0.15, -0.1) is 0 Å². The zero-order chi connectivity index (χ0) is 7.94. The number of nitrogens with one attached hydrogen (secondary N) is 1. The number of hydrogen-bond donors (Lipinski definition) is 1. The monoisotopic (exact) mass is 177 g/mol. The first-order valence-electron chi connectivity index (χ1n) is 4.32. The van der Waals surface area contributed by atoms with E-state index in [1.165, 1.54) is 18.6 Å². The van der Waals surface area contributed by atoms with E-state index < -0.39 is 0 Å². The molecule has 0 aromatic rings. The third-order valence-electron chi connectivity index (χ3n) is 1.88. The topological polar surface area (TPSA) is 12.0 Å². The van der Waals surface area contributed by atoms with Crippen LogP contribution in [-0.2, 0) is 0 Å².